The van der Waals surface area contributed by atoms with Crippen molar-refractivity contribution < 1.29 is 0 Å². The van der Waals surface area contributed by atoms with Crippen molar-refractivity contribution in [2.45, 2.75) is 77.9 Å². The zero-order valence-corrected chi connectivity index (χ0v) is 16.7. The molecule has 7 heteroatoms. The Balaban J connectivity index is 1.59. The average Bonchev–Trinajstić information content (AvgIpc) is 3.09. The van der Waals surface area contributed by atoms with Crippen LogP contribution in [0.25, 0.3) is 0 Å². The second kappa shape index (κ2) is 9.35. The number of guanidine groups is 1. The monoisotopic (exact) mass is 361 g/mol. The second-order valence-electron chi connectivity index (χ2n) is 7.36. The molecule has 3 heterocycles. The Morgan fingerprint density at radius 2 is 2.12 bits per heavy atom. The van der Waals surface area contributed by atoms with Crippen molar-refractivity contribution in [3.63, 3.8) is 0 Å². The van der Waals surface area contributed by atoms with Gasteiger partial charge in [0.25, 0.3) is 0 Å². The predicted octanol–water partition coefficient (Wildman–Crippen LogP) is 1.58. The summed E-state index contributed by atoms with van der Waals surface area (Å²) in [4.78, 5) is 12.1. The first-order valence-corrected chi connectivity index (χ1v) is 10.4. The van der Waals surface area contributed by atoms with Crippen LogP contribution in [0.3, 0.4) is 0 Å². The van der Waals surface area contributed by atoms with Crippen LogP contribution in [-0.4, -0.2) is 63.9 Å². The molecule has 0 aromatic carbocycles. The average molecular weight is 362 g/mol. The maximum Gasteiger partial charge on any atom is 0.191 e. The molecular formula is C19H35N7. The van der Waals surface area contributed by atoms with E-state index in [0.29, 0.717) is 12.1 Å². The molecule has 0 bridgehead atoms. The zero-order valence-electron chi connectivity index (χ0n) is 16.7. The lowest BCUT2D eigenvalue weighted by atomic mass is 10.0. The van der Waals surface area contributed by atoms with Crippen molar-refractivity contribution in [1.29, 1.82) is 0 Å². The molecule has 1 fully saturated rings. The minimum atomic E-state index is 0.361. The van der Waals surface area contributed by atoms with Crippen molar-refractivity contribution in [2.75, 3.05) is 26.2 Å². The zero-order chi connectivity index (χ0) is 18.4. The lowest BCUT2D eigenvalue weighted by molar-refractivity contribution is 0.161. The summed E-state index contributed by atoms with van der Waals surface area (Å²) in [6, 6.07) is 0.949. The number of hydrogen-bond donors (Lipinski definition) is 2. The van der Waals surface area contributed by atoms with Gasteiger partial charge >= 0.3 is 0 Å². The second-order valence-corrected chi connectivity index (χ2v) is 7.36. The number of nitrogens with zero attached hydrogens (tertiary/aromatic N) is 5. The molecule has 2 unspecified atom stereocenters. The van der Waals surface area contributed by atoms with E-state index in [0.717, 1.165) is 63.0 Å². The van der Waals surface area contributed by atoms with E-state index < -0.39 is 0 Å². The third kappa shape index (κ3) is 4.75. The van der Waals surface area contributed by atoms with Crippen LogP contribution in [0.15, 0.2) is 4.99 Å². The molecule has 2 atom stereocenters. The number of fused-ring (bicyclic) bond motifs is 1. The number of likely N-dealkylation sites (tertiary alicyclic amines) is 1. The summed E-state index contributed by atoms with van der Waals surface area (Å²) >= 11 is 0. The van der Waals surface area contributed by atoms with Gasteiger partial charge in [-0.15, -0.1) is 0 Å². The highest BCUT2D eigenvalue weighted by atomic mass is 15.4. The van der Waals surface area contributed by atoms with Gasteiger partial charge in [-0.1, -0.05) is 20.3 Å². The van der Waals surface area contributed by atoms with Gasteiger partial charge in [0.05, 0.1) is 13.1 Å². The molecule has 0 spiro atoms. The molecule has 146 valence electrons. The van der Waals surface area contributed by atoms with Gasteiger partial charge in [-0.3, -0.25) is 9.89 Å². The van der Waals surface area contributed by atoms with Crippen LogP contribution in [0.4, 0.5) is 0 Å². The van der Waals surface area contributed by atoms with Gasteiger partial charge in [-0.25, -0.2) is 9.67 Å². The number of aliphatic imine (C=N–C) groups is 1. The molecule has 0 amide bonds. The molecule has 3 rings (SSSR count). The number of nitrogens with one attached hydrogen (secondary N) is 2. The van der Waals surface area contributed by atoms with Gasteiger partial charge in [0.1, 0.15) is 5.82 Å². The topological polar surface area (TPSA) is 70.4 Å². The minimum absolute atomic E-state index is 0.361. The molecular weight excluding hydrogens is 326 g/mol. The number of hydrogen-bond acceptors (Lipinski definition) is 4. The SMILES string of the molecule is CCNC(=NCC1CCCCN1CC)NC1CCc2nc(CC)nn2C1. The van der Waals surface area contributed by atoms with E-state index in [4.69, 9.17) is 4.99 Å². The van der Waals surface area contributed by atoms with Gasteiger partial charge in [0.2, 0.25) is 0 Å². The molecule has 0 saturated carbocycles. The lowest BCUT2D eigenvalue weighted by Gasteiger charge is -2.34. The van der Waals surface area contributed by atoms with Crippen LogP contribution in [-0.2, 0) is 19.4 Å². The van der Waals surface area contributed by atoms with Gasteiger partial charge < -0.3 is 10.6 Å². The first-order valence-electron chi connectivity index (χ1n) is 10.4. The van der Waals surface area contributed by atoms with Gasteiger partial charge in [0.15, 0.2) is 11.8 Å². The first-order chi connectivity index (χ1) is 12.7. The molecule has 0 radical (unpaired) electrons. The smallest absolute Gasteiger partial charge is 0.191 e. The van der Waals surface area contributed by atoms with Crippen LogP contribution in [0.5, 0.6) is 0 Å². The fourth-order valence-corrected chi connectivity index (χ4v) is 4.02. The van der Waals surface area contributed by atoms with Crippen molar-refractivity contribution in [3.8, 4) is 0 Å². The highest BCUT2D eigenvalue weighted by molar-refractivity contribution is 5.80. The molecule has 2 aliphatic rings. The summed E-state index contributed by atoms with van der Waals surface area (Å²) < 4.78 is 2.07. The predicted molar refractivity (Wildman–Crippen MR) is 106 cm³/mol. The van der Waals surface area contributed by atoms with E-state index in [2.05, 4.69) is 51.1 Å². The third-order valence-corrected chi connectivity index (χ3v) is 5.52. The van der Waals surface area contributed by atoms with Gasteiger partial charge in [-0.05, 0) is 39.3 Å². The van der Waals surface area contributed by atoms with Crippen LogP contribution >= 0.6 is 0 Å². The van der Waals surface area contributed by atoms with Gasteiger partial charge in [0, 0.05) is 31.5 Å². The molecule has 0 aliphatic carbocycles. The quantitative estimate of drug-likeness (QED) is 0.595. The van der Waals surface area contributed by atoms with Crippen molar-refractivity contribution in [2.24, 2.45) is 4.99 Å². The van der Waals surface area contributed by atoms with E-state index in [1.807, 2.05) is 0 Å². The fraction of sp³-hybridized carbons (Fsp3) is 0.842. The van der Waals surface area contributed by atoms with E-state index in [1.165, 1.54) is 25.8 Å². The van der Waals surface area contributed by atoms with E-state index in [1.54, 1.807) is 0 Å². The molecule has 2 aliphatic heterocycles. The van der Waals surface area contributed by atoms with E-state index >= 15 is 0 Å². The van der Waals surface area contributed by atoms with Crippen molar-refractivity contribution >= 4 is 5.96 Å². The maximum atomic E-state index is 4.91. The molecule has 7 nitrogen and oxygen atoms in total. The Labute approximate surface area is 157 Å². The summed E-state index contributed by atoms with van der Waals surface area (Å²) in [5, 5.41) is 11.7. The molecule has 2 N–H and O–H groups in total. The Kier molecular flexibility index (Phi) is 6.88. The standard InChI is InChI=1S/C19H35N7/c1-4-17-23-18-11-10-15(14-26(18)24-17)22-19(20-5-2)21-13-16-9-7-8-12-25(16)6-3/h15-16H,4-14H2,1-3H3,(H2,20,21,22). The normalized spacial score (nSPS) is 24.3. The van der Waals surface area contributed by atoms with E-state index in [-0.39, 0.29) is 0 Å². The molecule has 1 aromatic heterocycles. The highest BCUT2D eigenvalue weighted by Crippen LogP contribution is 2.17. The number of piperidine rings is 1. The van der Waals surface area contributed by atoms with Crippen molar-refractivity contribution in [3.05, 3.63) is 11.6 Å². The fourth-order valence-electron chi connectivity index (χ4n) is 4.02. The van der Waals surface area contributed by atoms with Gasteiger partial charge in [-0.2, -0.15) is 5.10 Å². The summed E-state index contributed by atoms with van der Waals surface area (Å²) in [5.41, 5.74) is 0. The largest absolute Gasteiger partial charge is 0.357 e. The lowest BCUT2D eigenvalue weighted by Crippen LogP contribution is -2.48. The van der Waals surface area contributed by atoms with Crippen LogP contribution in [0, 0.1) is 0 Å². The Bertz CT molecular complexity index is 595. The first kappa shape index (κ1) is 19.1. The van der Waals surface area contributed by atoms with Crippen LogP contribution < -0.4 is 10.6 Å². The minimum Gasteiger partial charge on any atom is -0.357 e. The summed E-state index contributed by atoms with van der Waals surface area (Å²) in [5.74, 6) is 3.03. The third-order valence-electron chi connectivity index (χ3n) is 5.52. The maximum absolute atomic E-state index is 4.91. The number of aromatic nitrogens is 3. The Morgan fingerprint density at radius 1 is 1.23 bits per heavy atom. The summed E-state index contributed by atoms with van der Waals surface area (Å²) in [6.07, 6.45) is 6.89. The summed E-state index contributed by atoms with van der Waals surface area (Å²) in [6.45, 7) is 11.5. The van der Waals surface area contributed by atoms with Crippen LogP contribution in [0.1, 0.15) is 58.1 Å². The molecule has 1 aromatic rings. The molecule has 1 saturated heterocycles. The van der Waals surface area contributed by atoms with Crippen LogP contribution in [0.2, 0.25) is 0 Å². The molecule has 26 heavy (non-hydrogen) atoms. The number of rotatable bonds is 6. The van der Waals surface area contributed by atoms with Crippen molar-refractivity contribution in [1.82, 2.24) is 30.3 Å². The summed E-state index contributed by atoms with van der Waals surface area (Å²) in [7, 11) is 0. The number of likely N-dealkylation sites (N-methyl/N-ethyl adjacent to an activating group) is 1. The Hall–Kier alpha value is -1.63. The highest BCUT2D eigenvalue weighted by Gasteiger charge is 2.23. The van der Waals surface area contributed by atoms with E-state index in [9.17, 15) is 0 Å². The number of aryl methyl sites for hydroxylation is 2. The Morgan fingerprint density at radius 3 is 2.88 bits per heavy atom.